The fourth-order valence-corrected chi connectivity index (χ4v) is 3.71. The molecule has 1 heterocycles. The summed E-state index contributed by atoms with van der Waals surface area (Å²) in [6, 6.07) is 6.76. The van der Waals surface area contributed by atoms with Crippen molar-refractivity contribution in [3.63, 3.8) is 0 Å². The highest BCUT2D eigenvalue weighted by molar-refractivity contribution is 7.99. The van der Waals surface area contributed by atoms with Crippen LogP contribution in [0.4, 0.5) is 4.39 Å². The van der Waals surface area contributed by atoms with Crippen LogP contribution in [-0.4, -0.2) is 44.8 Å². The van der Waals surface area contributed by atoms with E-state index < -0.39 is 0 Å². The zero-order valence-corrected chi connectivity index (χ0v) is 14.5. The van der Waals surface area contributed by atoms with E-state index in [0.717, 1.165) is 12.8 Å². The van der Waals surface area contributed by atoms with Crippen molar-refractivity contribution in [3.05, 3.63) is 30.1 Å². The summed E-state index contributed by atoms with van der Waals surface area (Å²) in [5.74, 6) is 0.410. The average Bonchev–Trinajstić information content (AvgIpc) is 3.09. The lowest BCUT2D eigenvalue weighted by Gasteiger charge is -2.31. The SMILES string of the molecule is CN(C(=O)CSc1n[nH]c(-c2ccccc2F)n1)C1CCCCC1. The second-order valence-corrected chi connectivity index (χ2v) is 6.97. The van der Waals surface area contributed by atoms with Crippen molar-refractivity contribution in [1.82, 2.24) is 20.1 Å². The maximum absolute atomic E-state index is 13.8. The minimum Gasteiger partial charge on any atom is -0.342 e. The molecule has 1 amide bonds. The van der Waals surface area contributed by atoms with Gasteiger partial charge in [0, 0.05) is 13.1 Å². The molecule has 24 heavy (non-hydrogen) atoms. The molecule has 2 aromatic rings. The number of rotatable bonds is 5. The van der Waals surface area contributed by atoms with Gasteiger partial charge in [0.1, 0.15) is 5.82 Å². The topological polar surface area (TPSA) is 61.9 Å². The Labute approximate surface area is 145 Å². The molecule has 1 saturated carbocycles. The Morgan fingerprint density at radius 3 is 2.83 bits per heavy atom. The van der Waals surface area contributed by atoms with Gasteiger partial charge in [-0.3, -0.25) is 9.89 Å². The van der Waals surface area contributed by atoms with Gasteiger partial charge in [-0.05, 0) is 25.0 Å². The summed E-state index contributed by atoms with van der Waals surface area (Å²) in [7, 11) is 1.88. The molecule has 0 atom stereocenters. The zero-order chi connectivity index (χ0) is 16.9. The lowest BCUT2D eigenvalue weighted by atomic mass is 9.94. The Morgan fingerprint density at radius 1 is 1.33 bits per heavy atom. The normalized spacial score (nSPS) is 15.4. The predicted octanol–water partition coefficient (Wildman–Crippen LogP) is 3.49. The van der Waals surface area contributed by atoms with Crippen LogP contribution < -0.4 is 0 Å². The maximum atomic E-state index is 13.8. The number of amides is 1. The van der Waals surface area contributed by atoms with E-state index in [1.807, 2.05) is 11.9 Å². The van der Waals surface area contributed by atoms with Crippen molar-refractivity contribution in [2.45, 2.75) is 43.3 Å². The molecule has 3 rings (SSSR count). The fourth-order valence-electron chi connectivity index (χ4n) is 2.98. The lowest BCUT2D eigenvalue weighted by molar-refractivity contribution is -0.129. The first-order valence-corrected chi connectivity index (χ1v) is 9.19. The van der Waals surface area contributed by atoms with E-state index >= 15 is 0 Å². The molecule has 1 aliphatic rings. The minimum absolute atomic E-state index is 0.0872. The first-order chi connectivity index (χ1) is 11.6. The van der Waals surface area contributed by atoms with Crippen molar-refractivity contribution in [1.29, 1.82) is 0 Å². The molecule has 0 aliphatic heterocycles. The number of nitrogens with one attached hydrogen (secondary N) is 1. The van der Waals surface area contributed by atoms with Crippen LogP contribution in [0.1, 0.15) is 32.1 Å². The number of hydrogen-bond acceptors (Lipinski definition) is 4. The molecule has 5 nitrogen and oxygen atoms in total. The molecule has 1 aromatic heterocycles. The number of aromatic nitrogens is 3. The number of halogens is 1. The van der Waals surface area contributed by atoms with Crippen LogP contribution in [0.2, 0.25) is 0 Å². The molecule has 0 unspecified atom stereocenters. The molecule has 1 fully saturated rings. The molecule has 1 aliphatic carbocycles. The third kappa shape index (κ3) is 3.95. The summed E-state index contributed by atoms with van der Waals surface area (Å²) in [5.41, 5.74) is 0.377. The van der Waals surface area contributed by atoms with Crippen LogP contribution in [0.25, 0.3) is 11.4 Å². The zero-order valence-electron chi connectivity index (χ0n) is 13.7. The van der Waals surface area contributed by atoms with Gasteiger partial charge in [-0.2, -0.15) is 0 Å². The van der Waals surface area contributed by atoms with Gasteiger partial charge in [0.15, 0.2) is 5.82 Å². The number of thioether (sulfide) groups is 1. The first kappa shape index (κ1) is 17.0. The van der Waals surface area contributed by atoms with Gasteiger partial charge in [-0.15, -0.1) is 5.10 Å². The molecular formula is C17H21FN4OS. The lowest BCUT2D eigenvalue weighted by Crippen LogP contribution is -2.39. The quantitative estimate of drug-likeness (QED) is 0.840. The highest BCUT2D eigenvalue weighted by atomic mass is 32.2. The van der Waals surface area contributed by atoms with Crippen molar-refractivity contribution in [3.8, 4) is 11.4 Å². The Morgan fingerprint density at radius 2 is 2.08 bits per heavy atom. The van der Waals surface area contributed by atoms with E-state index in [9.17, 15) is 9.18 Å². The van der Waals surface area contributed by atoms with Crippen LogP contribution in [-0.2, 0) is 4.79 Å². The monoisotopic (exact) mass is 348 g/mol. The maximum Gasteiger partial charge on any atom is 0.233 e. The molecule has 1 aromatic carbocycles. The van der Waals surface area contributed by atoms with Gasteiger partial charge in [0.05, 0.1) is 11.3 Å². The summed E-state index contributed by atoms with van der Waals surface area (Å²) in [4.78, 5) is 18.5. The molecule has 128 valence electrons. The minimum atomic E-state index is -0.349. The number of nitrogens with zero attached hydrogens (tertiary/aromatic N) is 3. The summed E-state index contributed by atoms with van der Waals surface area (Å²) in [6.45, 7) is 0. The van der Waals surface area contributed by atoms with E-state index in [1.54, 1.807) is 18.2 Å². The molecule has 0 bridgehead atoms. The van der Waals surface area contributed by atoms with E-state index in [-0.39, 0.29) is 11.7 Å². The van der Waals surface area contributed by atoms with Crippen LogP contribution >= 0.6 is 11.8 Å². The number of aromatic amines is 1. The Bertz CT molecular complexity index is 699. The average molecular weight is 348 g/mol. The van der Waals surface area contributed by atoms with Crippen LogP contribution in [0.15, 0.2) is 29.4 Å². The predicted molar refractivity (Wildman–Crippen MR) is 92.1 cm³/mol. The number of H-pyrrole nitrogens is 1. The molecule has 0 radical (unpaired) electrons. The Hall–Kier alpha value is -1.89. The van der Waals surface area contributed by atoms with Crippen molar-refractivity contribution in [2.75, 3.05) is 12.8 Å². The highest BCUT2D eigenvalue weighted by Gasteiger charge is 2.22. The van der Waals surface area contributed by atoms with Crippen LogP contribution in [0.3, 0.4) is 0 Å². The fraction of sp³-hybridized carbons (Fsp3) is 0.471. The number of carbonyl (C=O) groups excluding carboxylic acids is 1. The second kappa shape index (κ2) is 7.79. The number of carbonyl (C=O) groups is 1. The van der Waals surface area contributed by atoms with Gasteiger partial charge >= 0.3 is 0 Å². The summed E-state index contributed by atoms with van der Waals surface area (Å²) in [6.07, 6.45) is 5.84. The third-order valence-corrected chi connectivity index (χ3v) is 5.27. The van der Waals surface area contributed by atoms with Crippen LogP contribution in [0, 0.1) is 5.82 Å². The van der Waals surface area contributed by atoms with Gasteiger partial charge in [-0.1, -0.05) is 43.2 Å². The smallest absolute Gasteiger partial charge is 0.233 e. The van der Waals surface area contributed by atoms with E-state index in [1.165, 1.54) is 37.1 Å². The third-order valence-electron chi connectivity index (χ3n) is 4.43. The van der Waals surface area contributed by atoms with Crippen molar-refractivity contribution >= 4 is 17.7 Å². The molecule has 0 spiro atoms. The van der Waals surface area contributed by atoms with E-state index in [0.29, 0.717) is 28.3 Å². The largest absolute Gasteiger partial charge is 0.342 e. The van der Waals surface area contributed by atoms with Gasteiger partial charge in [0.25, 0.3) is 0 Å². The summed E-state index contributed by atoms with van der Waals surface area (Å²) < 4.78 is 13.8. The molecular weight excluding hydrogens is 327 g/mol. The van der Waals surface area contributed by atoms with E-state index in [4.69, 9.17) is 0 Å². The van der Waals surface area contributed by atoms with Gasteiger partial charge in [0.2, 0.25) is 11.1 Å². The van der Waals surface area contributed by atoms with Crippen LogP contribution in [0.5, 0.6) is 0 Å². The highest BCUT2D eigenvalue weighted by Crippen LogP contribution is 2.24. The second-order valence-electron chi connectivity index (χ2n) is 6.03. The first-order valence-electron chi connectivity index (χ1n) is 8.21. The van der Waals surface area contributed by atoms with Gasteiger partial charge in [-0.25, -0.2) is 9.37 Å². The molecule has 7 heteroatoms. The number of benzene rings is 1. The Balaban J connectivity index is 1.57. The van der Waals surface area contributed by atoms with Crippen molar-refractivity contribution < 1.29 is 9.18 Å². The van der Waals surface area contributed by atoms with Gasteiger partial charge < -0.3 is 4.90 Å². The number of hydrogen-bond donors (Lipinski definition) is 1. The molecule has 1 N–H and O–H groups in total. The molecule has 0 saturated heterocycles. The summed E-state index contributed by atoms with van der Waals surface area (Å²) in [5, 5.41) is 7.26. The van der Waals surface area contributed by atoms with E-state index in [2.05, 4.69) is 15.2 Å². The standard InChI is InChI=1S/C17H21FN4OS/c1-22(12-7-3-2-4-8-12)15(23)11-24-17-19-16(20-21-17)13-9-5-6-10-14(13)18/h5-6,9-10,12H,2-4,7-8,11H2,1H3,(H,19,20,21). The summed E-state index contributed by atoms with van der Waals surface area (Å²) >= 11 is 1.28. The Kier molecular flexibility index (Phi) is 5.50. The van der Waals surface area contributed by atoms with Crippen molar-refractivity contribution in [2.24, 2.45) is 0 Å².